The first-order valence-corrected chi connectivity index (χ1v) is 12.6. The standard InChI is InChI=1S/C25H28IN5OS/c1-4-17-9-5-6-10-18(17)29-20(32)12-14-31-24(21-15(2)28-16(3)22(21)26)23(30-25(31)33)19-11-7-8-13-27-19/h5-11,13,23-24,28H,4,12,14H2,1-3H3,(H,29,32)(H,30,33). The van der Waals surface area contributed by atoms with Crippen molar-refractivity contribution in [3.63, 3.8) is 0 Å². The number of nitrogens with zero attached hydrogens (tertiary/aromatic N) is 2. The molecule has 3 heterocycles. The maximum atomic E-state index is 12.9. The van der Waals surface area contributed by atoms with Gasteiger partial charge in [-0.3, -0.25) is 9.78 Å². The SMILES string of the molecule is CCc1ccccc1NC(=O)CCN1C(=S)NC(c2ccccn2)C1c1c(C)[nH]c(C)c1I. The zero-order chi connectivity index (χ0) is 23.5. The van der Waals surface area contributed by atoms with Crippen molar-refractivity contribution in [2.75, 3.05) is 11.9 Å². The topological polar surface area (TPSA) is 73.1 Å². The highest BCUT2D eigenvalue weighted by molar-refractivity contribution is 14.1. The van der Waals surface area contributed by atoms with Crippen LogP contribution in [0, 0.1) is 17.4 Å². The Balaban J connectivity index is 1.59. The second-order valence-corrected chi connectivity index (χ2v) is 9.70. The molecule has 8 heteroatoms. The number of H-pyrrole nitrogens is 1. The number of carbonyl (C=O) groups excluding carboxylic acids is 1. The number of halogens is 1. The van der Waals surface area contributed by atoms with Crippen LogP contribution in [0.15, 0.2) is 48.7 Å². The average molecular weight is 574 g/mol. The second kappa shape index (κ2) is 10.2. The molecule has 0 radical (unpaired) electrons. The molecule has 3 N–H and O–H groups in total. The molecule has 3 aromatic rings. The summed E-state index contributed by atoms with van der Waals surface area (Å²) < 4.78 is 1.19. The number of aryl methyl sites for hydroxylation is 3. The maximum Gasteiger partial charge on any atom is 0.226 e. The molecule has 6 nitrogen and oxygen atoms in total. The summed E-state index contributed by atoms with van der Waals surface area (Å²) >= 11 is 8.15. The van der Waals surface area contributed by atoms with Crippen molar-refractivity contribution in [2.45, 2.75) is 45.7 Å². The van der Waals surface area contributed by atoms with Crippen molar-refractivity contribution < 1.29 is 4.79 Å². The fourth-order valence-electron chi connectivity index (χ4n) is 4.47. The number of anilines is 1. The number of aromatic amines is 1. The fraction of sp³-hybridized carbons (Fsp3) is 0.320. The number of nitrogens with one attached hydrogen (secondary N) is 3. The predicted octanol–water partition coefficient (Wildman–Crippen LogP) is 5.19. The van der Waals surface area contributed by atoms with Crippen molar-refractivity contribution in [1.82, 2.24) is 20.2 Å². The van der Waals surface area contributed by atoms with Crippen LogP contribution in [0.25, 0.3) is 0 Å². The van der Waals surface area contributed by atoms with E-state index in [9.17, 15) is 4.79 Å². The molecular formula is C25H28IN5OS. The minimum absolute atomic E-state index is 0.0181. The van der Waals surface area contributed by atoms with Gasteiger partial charge in [0.05, 0.1) is 17.8 Å². The molecular weight excluding hydrogens is 545 g/mol. The molecule has 1 aromatic carbocycles. The van der Waals surface area contributed by atoms with Gasteiger partial charge in [0.25, 0.3) is 0 Å². The maximum absolute atomic E-state index is 12.9. The molecule has 4 rings (SSSR count). The van der Waals surface area contributed by atoms with Crippen molar-refractivity contribution in [1.29, 1.82) is 0 Å². The zero-order valence-corrected chi connectivity index (χ0v) is 22.0. The number of hydrogen-bond acceptors (Lipinski definition) is 3. The third-order valence-electron chi connectivity index (χ3n) is 6.09. The summed E-state index contributed by atoms with van der Waals surface area (Å²) in [7, 11) is 0. The lowest BCUT2D eigenvalue weighted by molar-refractivity contribution is -0.116. The van der Waals surface area contributed by atoms with Gasteiger partial charge in [0, 0.05) is 45.4 Å². The Kier molecular flexibility index (Phi) is 7.33. The number of pyridine rings is 1. The molecule has 2 unspecified atom stereocenters. The molecule has 1 amide bonds. The van der Waals surface area contributed by atoms with Gasteiger partial charge in [-0.1, -0.05) is 31.2 Å². The normalized spacial score (nSPS) is 17.8. The van der Waals surface area contributed by atoms with Gasteiger partial charge in [-0.25, -0.2) is 0 Å². The minimum Gasteiger partial charge on any atom is -0.362 e. The second-order valence-electron chi connectivity index (χ2n) is 8.23. The van der Waals surface area contributed by atoms with Crippen LogP contribution in [-0.4, -0.2) is 32.4 Å². The number of aromatic nitrogens is 2. The largest absolute Gasteiger partial charge is 0.362 e. The molecule has 1 aliphatic rings. The summed E-state index contributed by atoms with van der Waals surface area (Å²) in [5, 5.41) is 7.19. The van der Waals surface area contributed by atoms with E-state index in [2.05, 4.69) is 68.9 Å². The minimum atomic E-state index is -0.0926. The Hall–Kier alpha value is -2.46. The van der Waals surface area contributed by atoms with Crippen LogP contribution < -0.4 is 10.6 Å². The summed E-state index contributed by atoms with van der Waals surface area (Å²) in [4.78, 5) is 23.1. The van der Waals surface area contributed by atoms with E-state index in [1.807, 2.05) is 42.5 Å². The van der Waals surface area contributed by atoms with Gasteiger partial charge in [-0.15, -0.1) is 0 Å². The summed E-state index contributed by atoms with van der Waals surface area (Å²) in [5.74, 6) is -0.0181. The Morgan fingerprint density at radius 2 is 1.94 bits per heavy atom. The van der Waals surface area contributed by atoms with E-state index in [4.69, 9.17) is 12.2 Å². The Morgan fingerprint density at radius 3 is 2.61 bits per heavy atom. The van der Waals surface area contributed by atoms with Gasteiger partial charge >= 0.3 is 0 Å². The van der Waals surface area contributed by atoms with Gasteiger partial charge in [-0.2, -0.15) is 0 Å². The Morgan fingerprint density at radius 1 is 1.18 bits per heavy atom. The first-order valence-electron chi connectivity index (χ1n) is 11.1. The number of benzene rings is 1. The van der Waals surface area contributed by atoms with Crippen LogP contribution in [-0.2, 0) is 11.2 Å². The van der Waals surface area contributed by atoms with E-state index in [0.717, 1.165) is 34.8 Å². The molecule has 0 saturated carbocycles. The van der Waals surface area contributed by atoms with E-state index in [1.165, 1.54) is 9.13 Å². The van der Waals surface area contributed by atoms with E-state index < -0.39 is 0 Å². The van der Waals surface area contributed by atoms with E-state index >= 15 is 0 Å². The van der Waals surface area contributed by atoms with Gasteiger partial charge in [-0.05, 0) is 78.8 Å². The molecule has 2 atom stereocenters. The summed E-state index contributed by atoms with van der Waals surface area (Å²) in [5.41, 5.74) is 6.39. The molecule has 1 saturated heterocycles. The number of hydrogen-bond donors (Lipinski definition) is 3. The molecule has 0 aliphatic carbocycles. The highest BCUT2D eigenvalue weighted by Gasteiger charge is 2.42. The predicted molar refractivity (Wildman–Crippen MR) is 144 cm³/mol. The molecule has 2 aromatic heterocycles. The lowest BCUT2D eigenvalue weighted by Gasteiger charge is -2.28. The first kappa shape index (κ1) is 23.7. The quantitative estimate of drug-likeness (QED) is 0.268. The Bertz CT molecular complexity index is 1160. The average Bonchev–Trinajstić information content (AvgIpc) is 3.27. The van der Waals surface area contributed by atoms with Crippen molar-refractivity contribution >= 4 is 51.5 Å². The molecule has 0 bridgehead atoms. The number of carbonyl (C=O) groups is 1. The number of thiocarbonyl (C=S) groups is 1. The number of amides is 1. The van der Waals surface area contributed by atoms with Crippen LogP contribution >= 0.6 is 34.8 Å². The van der Waals surface area contributed by atoms with Crippen LogP contribution in [0.3, 0.4) is 0 Å². The third-order valence-corrected chi connectivity index (χ3v) is 7.83. The van der Waals surface area contributed by atoms with Crippen molar-refractivity contribution in [3.05, 3.63) is 80.4 Å². The van der Waals surface area contributed by atoms with Gasteiger partial charge < -0.3 is 20.5 Å². The highest BCUT2D eigenvalue weighted by Crippen LogP contribution is 2.42. The summed E-state index contributed by atoms with van der Waals surface area (Å²) in [6.45, 7) is 6.77. The fourth-order valence-corrected chi connectivity index (χ4v) is 5.66. The lowest BCUT2D eigenvalue weighted by atomic mass is 9.96. The molecule has 1 aliphatic heterocycles. The first-order chi connectivity index (χ1) is 15.9. The number of para-hydroxylation sites is 1. The van der Waals surface area contributed by atoms with Crippen LogP contribution in [0.4, 0.5) is 5.69 Å². The lowest BCUT2D eigenvalue weighted by Crippen LogP contribution is -2.33. The highest BCUT2D eigenvalue weighted by atomic mass is 127. The van der Waals surface area contributed by atoms with Crippen LogP contribution in [0.2, 0.25) is 0 Å². The Labute approximate surface area is 213 Å². The van der Waals surface area contributed by atoms with Gasteiger partial charge in [0.2, 0.25) is 5.91 Å². The van der Waals surface area contributed by atoms with E-state index in [-0.39, 0.29) is 18.0 Å². The summed E-state index contributed by atoms with van der Waals surface area (Å²) in [6, 6.07) is 13.7. The molecule has 0 spiro atoms. The van der Waals surface area contributed by atoms with Crippen LogP contribution in [0.1, 0.15) is 53.6 Å². The number of rotatable bonds is 7. The third kappa shape index (κ3) is 4.91. The van der Waals surface area contributed by atoms with Gasteiger partial charge in [0.1, 0.15) is 0 Å². The van der Waals surface area contributed by atoms with Gasteiger partial charge in [0.15, 0.2) is 5.11 Å². The van der Waals surface area contributed by atoms with E-state index in [0.29, 0.717) is 18.1 Å². The van der Waals surface area contributed by atoms with Crippen molar-refractivity contribution in [3.8, 4) is 0 Å². The van der Waals surface area contributed by atoms with Crippen LogP contribution in [0.5, 0.6) is 0 Å². The summed E-state index contributed by atoms with van der Waals surface area (Å²) in [6.07, 6.45) is 3.01. The molecule has 1 fully saturated rings. The molecule has 172 valence electrons. The smallest absolute Gasteiger partial charge is 0.226 e. The zero-order valence-electron chi connectivity index (χ0n) is 19.0. The van der Waals surface area contributed by atoms with E-state index in [1.54, 1.807) is 6.20 Å². The monoisotopic (exact) mass is 573 g/mol. The van der Waals surface area contributed by atoms with Crippen molar-refractivity contribution in [2.24, 2.45) is 0 Å². The molecule has 33 heavy (non-hydrogen) atoms.